The number of fused-ring (bicyclic) bond motifs is 1. The minimum atomic E-state index is -0.824. The lowest BCUT2D eigenvalue weighted by molar-refractivity contribution is -0.149. The first-order valence-corrected chi connectivity index (χ1v) is 8.22. The lowest BCUT2D eigenvalue weighted by Crippen LogP contribution is -2.45. The molecule has 0 aromatic heterocycles. The SMILES string of the molecule is C=C(/C=C(\C)N(C(C)=O)C(C)C(=O)OC)N1C(=N)N2CCOCC2C1=O. The molecule has 9 heteroatoms. The van der Waals surface area contributed by atoms with E-state index in [4.69, 9.17) is 14.9 Å². The van der Waals surface area contributed by atoms with Crippen LogP contribution in [0, 0.1) is 5.41 Å². The van der Waals surface area contributed by atoms with Crippen LogP contribution < -0.4 is 0 Å². The number of hydrogen-bond acceptors (Lipinski definition) is 6. The van der Waals surface area contributed by atoms with Crippen LogP contribution in [0.2, 0.25) is 0 Å². The second kappa shape index (κ2) is 7.69. The van der Waals surface area contributed by atoms with E-state index < -0.39 is 18.1 Å². The number of carbonyl (C=O) groups is 3. The maximum absolute atomic E-state index is 12.6. The molecule has 2 heterocycles. The van der Waals surface area contributed by atoms with Crippen molar-refractivity contribution in [2.45, 2.75) is 32.9 Å². The van der Waals surface area contributed by atoms with Crippen molar-refractivity contribution in [2.24, 2.45) is 0 Å². The first-order valence-electron chi connectivity index (χ1n) is 8.22. The number of carbonyl (C=O) groups excluding carboxylic acids is 3. The molecule has 0 bridgehead atoms. The molecule has 2 saturated heterocycles. The zero-order chi connectivity index (χ0) is 19.6. The van der Waals surface area contributed by atoms with E-state index in [1.165, 1.54) is 29.9 Å². The fourth-order valence-corrected chi connectivity index (χ4v) is 3.20. The third kappa shape index (κ3) is 3.48. The van der Waals surface area contributed by atoms with E-state index in [2.05, 4.69) is 6.58 Å². The van der Waals surface area contributed by atoms with Crippen molar-refractivity contribution in [3.63, 3.8) is 0 Å². The van der Waals surface area contributed by atoms with Gasteiger partial charge in [-0.1, -0.05) is 6.58 Å². The van der Waals surface area contributed by atoms with E-state index in [1.807, 2.05) is 0 Å². The summed E-state index contributed by atoms with van der Waals surface area (Å²) < 4.78 is 10.0. The number of esters is 1. The summed E-state index contributed by atoms with van der Waals surface area (Å²) in [6, 6.07) is -1.35. The van der Waals surface area contributed by atoms with E-state index in [0.29, 0.717) is 18.8 Å². The largest absolute Gasteiger partial charge is 0.467 e. The first-order chi connectivity index (χ1) is 12.2. The van der Waals surface area contributed by atoms with Crippen LogP contribution in [0.25, 0.3) is 0 Å². The summed E-state index contributed by atoms with van der Waals surface area (Å²) in [5, 5.41) is 8.24. The number of methoxy groups -OCH3 is 1. The number of hydrogen-bond donors (Lipinski definition) is 1. The fraction of sp³-hybridized carbons (Fsp3) is 0.529. The average Bonchev–Trinajstić information content (AvgIpc) is 2.85. The van der Waals surface area contributed by atoms with Crippen LogP contribution in [0.5, 0.6) is 0 Å². The van der Waals surface area contributed by atoms with E-state index in [0.717, 1.165) is 0 Å². The molecule has 9 nitrogen and oxygen atoms in total. The van der Waals surface area contributed by atoms with Crippen LogP contribution in [-0.2, 0) is 23.9 Å². The Hall–Kier alpha value is -2.68. The molecule has 0 spiro atoms. The number of morpholine rings is 1. The number of guanidine groups is 1. The molecular formula is C17H24N4O5. The number of ether oxygens (including phenoxy) is 2. The Morgan fingerprint density at radius 2 is 2.12 bits per heavy atom. The molecule has 2 fully saturated rings. The standard InChI is InChI=1S/C17H24N4O5/c1-10(20(13(4)22)12(3)16(24)25-5)8-11(2)21-15(23)14-9-26-7-6-19(14)17(21)18/h8,12,14,18H,2,6-7,9H2,1,3-5H3/b10-8+,18-17?. The van der Waals surface area contributed by atoms with Crippen LogP contribution in [0.1, 0.15) is 20.8 Å². The van der Waals surface area contributed by atoms with Crippen molar-refractivity contribution in [1.82, 2.24) is 14.7 Å². The van der Waals surface area contributed by atoms with Crippen molar-refractivity contribution in [3.05, 3.63) is 24.0 Å². The van der Waals surface area contributed by atoms with Gasteiger partial charge in [0.2, 0.25) is 11.9 Å². The van der Waals surface area contributed by atoms with Crippen LogP contribution in [0.4, 0.5) is 0 Å². The van der Waals surface area contributed by atoms with Crippen LogP contribution in [0.3, 0.4) is 0 Å². The second-order valence-corrected chi connectivity index (χ2v) is 6.15. The van der Waals surface area contributed by atoms with E-state index in [-0.39, 0.29) is 30.1 Å². The van der Waals surface area contributed by atoms with Gasteiger partial charge in [-0.05, 0) is 19.9 Å². The molecule has 26 heavy (non-hydrogen) atoms. The summed E-state index contributed by atoms with van der Waals surface area (Å²) in [6.45, 7) is 9.52. The van der Waals surface area contributed by atoms with Gasteiger partial charge in [0.25, 0.3) is 5.91 Å². The third-order valence-electron chi connectivity index (χ3n) is 4.43. The van der Waals surface area contributed by atoms with E-state index >= 15 is 0 Å². The highest BCUT2D eigenvalue weighted by Gasteiger charge is 2.45. The molecule has 2 amide bonds. The van der Waals surface area contributed by atoms with Gasteiger partial charge in [0, 0.05) is 24.9 Å². The Morgan fingerprint density at radius 3 is 2.65 bits per heavy atom. The predicted molar refractivity (Wildman–Crippen MR) is 92.8 cm³/mol. The van der Waals surface area contributed by atoms with E-state index in [9.17, 15) is 14.4 Å². The molecule has 2 aliphatic rings. The molecule has 2 atom stereocenters. The smallest absolute Gasteiger partial charge is 0.328 e. The minimum Gasteiger partial charge on any atom is -0.467 e. The summed E-state index contributed by atoms with van der Waals surface area (Å²) in [5.41, 5.74) is 0.664. The molecule has 0 saturated carbocycles. The van der Waals surface area contributed by atoms with Crippen LogP contribution in [0.15, 0.2) is 24.0 Å². The highest BCUT2D eigenvalue weighted by Crippen LogP contribution is 2.25. The molecule has 0 aromatic carbocycles. The Labute approximate surface area is 152 Å². The van der Waals surface area contributed by atoms with Crippen LogP contribution >= 0.6 is 0 Å². The van der Waals surface area contributed by atoms with Gasteiger partial charge in [-0.3, -0.25) is 15.0 Å². The molecule has 1 N–H and O–H groups in total. The number of rotatable bonds is 5. The topological polar surface area (TPSA) is 103 Å². The van der Waals surface area contributed by atoms with Gasteiger partial charge in [0.1, 0.15) is 12.1 Å². The van der Waals surface area contributed by atoms with Crippen molar-refractivity contribution in [2.75, 3.05) is 26.9 Å². The number of allylic oxidation sites excluding steroid dienone is 2. The van der Waals surface area contributed by atoms with Gasteiger partial charge < -0.3 is 19.3 Å². The van der Waals surface area contributed by atoms with Gasteiger partial charge in [-0.2, -0.15) is 0 Å². The molecule has 2 unspecified atom stereocenters. The molecule has 0 aliphatic carbocycles. The fourth-order valence-electron chi connectivity index (χ4n) is 3.20. The van der Waals surface area contributed by atoms with Crippen molar-refractivity contribution < 1.29 is 23.9 Å². The number of amides is 2. The Kier molecular flexibility index (Phi) is 5.81. The van der Waals surface area contributed by atoms with Crippen LogP contribution in [-0.4, -0.2) is 77.4 Å². The highest BCUT2D eigenvalue weighted by molar-refractivity contribution is 6.07. The summed E-state index contributed by atoms with van der Waals surface area (Å²) in [5.74, 6) is -1.16. The predicted octanol–water partition coefficient (Wildman–Crippen LogP) is 0.292. The molecule has 142 valence electrons. The highest BCUT2D eigenvalue weighted by atomic mass is 16.5. The number of nitrogens with one attached hydrogen (secondary N) is 1. The van der Waals surface area contributed by atoms with Crippen molar-refractivity contribution in [3.8, 4) is 0 Å². The molecule has 0 aromatic rings. The maximum Gasteiger partial charge on any atom is 0.328 e. The third-order valence-corrected chi connectivity index (χ3v) is 4.43. The zero-order valence-electron chi connectivity index (χ0n) is 15.4. The summed E-state index contributed by atoms with van der Waals surface area (Å²) in [7, 11) is 1.25. The van der Waals surface area contributed by atoms with Gasteiger partial charge >= 0.3 is 5.97 Å². The second-order valence-electron chi connectivity index (χ2n) is 6.15. The summed E-state index contributed by atoms with van der Waals surface area (Å²) >= 11 is 0. The monoisotopic (exact) mass is 364 g/mol. The maximum atomic E-state index is 12.6. The summed E-state index contributed by atoms with van der Waals surface area (Å²) in [4.78, 5) is 40.5. The summed E-state index contributed by atoms with van der Waals surface area (Å²) in [6.07, 6.45) is 1.51. The normalized spacial score (nSPS) is 21.4. The van der Waals surface area contributed by atoms with Gasteiger partial charge in [-0.15, -0.1) is 0 Å². The Balaban J connectivity index is 2.25. The molecular weight excluding hydrogens is 340 g/mol. The van der Waals surface area contributed by atoms with Gasteiger partial charge in [0.05, 0.1) is 20.3 Å². The zero-order valence-corrected chi connectivity index (χ0v) is 15.4. The van der Waals surface area contributed by atoms with Gasteiger partial charge in [-0.25, -0.2) is 9.69 Å². The van der Waals surface area contributed by atoms with Gasteiger partial charge in [0.15, 0.2) is 0 Å². The minimum absolute atomic E-state index is 0.0349. The molecule has 2 aliphatic heterocycles. The quantitative estimate of drug-likeness (QED) is 0.556. The van der Waals surface area contributed by atoms with E-state index in [1.54, 1.807) is 18.7 Å². The first kappa shape index (κ1) is 19.6. The average molecular weight is 364 g/mol. The molecule has 0 radical (unpaired) electrons. The lowest BCUT2D eigenvalue weighted by Gasteiger charge is -2.28. The lowest BCUT2D eigenvalue weighted by atomic mass is 10.2. The Morgan fingerprint density at radius 1 is 1.46 bits per heavy atom. The van der Waals surface area contributed by atoms with Crippen molar-refractivity contribution in [1.29, 1.82) is 5.41 Å². The Bertz CT molecular complexity index is 663. The molecule has 2 rings (SSSR count). The number of nitrogens with zero attached hydrogens (tertiary/aromatic N) is 3. The van der Waals surface area contributed by atoms with Crippen molar-refractivity contribution >= 4 is 23.7 Å².